The summed E-state index contributed by atoms with van der Waals surface area (Å²) in [5.74, 6) is 1.24. The van der Waals surface area contributed by atoms with Gasteiger partial charge in [-0.1, -0.05) is 12.1 Å². The summed E-state index contributed by atoms with van der Waals surface area (Å²) < 4.78 is 2.01. The fourth-order valence-electron chi connectivity index (χ4n) is 3.56. The van der Waals surface area contributed by atoms with E-state index >= 15 is 0 Å². The number of hydrogen-bond acceptors (Lipinski definition) is 6. The first-order chi connectivity index (χ1) is 12.5. The van der Waals surface area contributed by atoms with Crippen LogP contribution in [-0.4, -0.2) is 45.6 Å². The maximum Gasteiger partial charge on any atom is 0.275 e. The molecule has 2 atom stereocenters. The van der Waals surface area contributed by atoms with Gasteiger partial charge in [0.1, 0.15) is 16.0 Å². The fourth-order valence-corrected chi connectivity index (χ4v) is 4.66. The average molecular weight is 435 g/mol. The van der Waals surface area contributed by atoms with Gasteiger partial charge >= 0.3 is 0 Å². The summed E-state index contributed by atoms with van der Waals surface area (Å²) in [7, 11) is 2.10. The van der Waals surface area contributed by atoms with E-state index in [0.717, 1.165) is 19.5 Å². The summed E-state index contributed by atoms with van der Waals surface area (Å²) >= 11 is 4.84. The molecule has 1 aliphatic rings. The molecule has 136 valence electrons. The van der Waals surface area contributed by atoms with Crippen molar-refractivity contribution in [3.8, 4) is 5.75 Å². The molecule has 8 heteroatoms. The van der Waals surface area contributed by atoms with E-state index in [1.165, 1.54) is 16.9 Å². The quantitative estimate of drug-likeness (QED) is 0.662. The number of anilines is 1. The van der Waals surface area contributed by atoms with E-state index in [-0.39, 0.29) is 17.4 Å². The Labute approximate surface area is 163 Å². The van der Waals surface area contributed by atoms with Crippen LogP contribution in [0.2, 0.25) is 0 Å². The van der Waals surface area contributed by atoms with Gasteiger partial charge in [0, 0.05) is 30.7 Å². The first kappa shape index (κ1) is 17.5. The van der Waals surface area contributed by atoms with Crippen LogP contribution in [0.4, 0.5) is 5.82 Å². The number of rotatable bonds is 3. The molecule has 1 aliphatic heterocycles. The molecule has 1 saturated heterocycles. The molecule has 1 aromatic carbocycles. The number of fused-ring (bicyclic) bond motifs is 1. The molecule has 0 bridgehead atoms. The predicted molar refractivity (Wildman–Crippen MR) is 107 cm³/mol. The minimum atomic E-state index is -0.0991. The molecule has 3 heterocycles. The second-order valence-corrected chi connectivity index (χ2v) is 8.39. The van der Waals surface area contributed by atoms with Crippen molar-refractivity contribution in [2.24, 2.45) is 0 Å². The zero-order valence-corrected chi connectivity index (χ0v) is 16.6. The second kappa shape index (κ2) is 7.02. The van der Waals surface area contributed by atoms with Crippen molar-refractivity contribution in [3.63, 3.8) is 0 Å². The fraction of sp³-hybridized carbons (Fsp3) is 0.333. The number of likely N-dealkylation sites (tertiary alicyclic amines) is 1. The zero-order valence-electron chi connectivity index (χ0n) is 14.2. The van der Waals surface area contributed by atoms with E-state index in [2.05, 4.69) is 38.2 Å². The number of piperidine rings is 1. The first-order valence-corrected chi connectivity index (χ1v) is 10.1. The van der Waals surface area contributed by atoms with Gasteiger partial charge in [0.15, 0.2) is 4.96 Å². The number of thiazole rings is 1. The summed E-state index contributed by atoms with van der Waals surface area (Å²) in [5.41, 5.74) is 1.11. The van der Waals surface area contributed by atoms with Gasteiger partial charge < -0.3 is 15.3 Å². The van der Waals surface area contributed by atoms with Gasteiger partial charge in [-0.15, -0.1) is 11.3 Å². The molecule has 2 N–H and O–H groups in total. The molecule has 2 aromatic heterocycles. The number of nitrogens with zero attached hydrogens (tertiary/aromatic N) is 3. The maximum absolute atomic E-state index is 12.4. The molecule has 4 rings (SSSR count). The van der Waals surface area contributed by atoms with Crippen LogP contribution in [-0.2, 0) is 0 Å². The van der Waals surface area contributed by atoms with Crippen LogP contribution < -0.4 is 10.9 Å². The molecule has 6 nitrogen and oxygen atoms in total. The Balaban J connectivity index is 1.58. The lowest BCUT2D eigenvalue weighted by Crippen LogP contribution is -2.43. The number of likely N-dealkylation sites (N-methyl/N-ethyl adjacent to an activating group) is 1. The summed E-state index contributed by atoms with van der Waals surface area (Å²) in [5, 5.41) is 14.8. The molecular formula is C18H19BrN4O2S. The standard InChI is InChI=1S/C18H19BrN4O2S/c1-22-9-12(11-2-4-14(24)5-3-11)8-13(10-22)20-16-15(19)17(25)23-6-7-26-18(23)21-16/h2-7,12-13,20,24H,8-10H2,1H3. The van der Waals surface area contributed by atoms with E-state index in [1.54, 1.807) is 22.7 Å². The number of phenols is 1. The van der Waals surface area contributed by atoms with Gasteiger partial charge in [0.05, 0.1) is 0 Å². The minimum absolute atomic E-state index is 0.0991. The van der Waals surface area contributed by atoms with E-state index < -0.39 is 0 Å². The normalized spacial score (nSPS) is 21.2. The summed E-state index contributed by atoms with van der Waals surface area (Å²) in [6.07, 6.45) is 2.67. The highest BCUT2D eigenvalue weighted by Crippen LogP contribution is 2.30. The topological polar surface area (TPSA) is 69.9 Å². The number of halogens is 1. The van der Waals surface area contributed by atoms with E-state index in [4.69, 9.17) is 0 Å². The molecular weight excluding hydrogens is 416 g/mol. The van der Waals surface area contributed by atoms with Gasteiger partial charge in [-0.3, -0.25) is 9.20 Å². The molecule has 0 saturated carbocycles. The number of hydrogen-bond donors (Lipinski definition) is 2. The van der Waals surface area contributed by atoms with Crippen LogP contribution >= 0.6 is 27.3 Å². The Morgan fingerprint density at radius 2 is 2.08 bits per heavy atom. The van der Waals surface area contributed by atoms with E-state index in [1.807, 2.05) is 17.5 Å². The SMILES string of the molecule is CN1CC(Nc2nc3sccn3c(=O)c2Br)CC(c2ccc(O)cc2)C1. The van der Waals surface area contributed by atoms with Crippen molar-refractivity contribution in [3.05, 3.63) is 56.2 Å². The third-order valence-electron chi connectivity index (χ3n) is 4.75. The van der Waals surface area contributed by atoms with Gasteiger partial charge in [-0.05, 0) is 53.0 Å². The van der Waals surface area contributed by atoms with Crippen molar-refractivity contribution in [2.45, 2.75) is 18.4 Å². The third-order valence-corrected chi connectivity index (χ3v) is 6.22. The smallest absolute Gasteiger partial charge is 0.275 e. The third kappa shape index (κ3) is 3.36. The van der Waals surface area contributed by atoms with Gasteiger partial charge in [0.25, 0.3) is 5.56 Å². The van der Waals surface area contributed by atoms with Crippen molar-refractivity contribution >= 4 is 38.0 Å². The lowest BCUT2D eigenvalue weighted by Gasteiger charge is -2.36. The number of nitrogens with one attached hydrogen (secondary N) is 1. The van der Waals surface area contributed by atoms with Gasteiger partial charge in [-0.2, -0.15) is 0 Å². The maximum atomic E-state index is 12.4. The summed E-state index contributed by atoms with van der Waals surface area (Å²) in [6.45, 7) is 1.84. The molecule has 0 spiro atoms. The number of phenolic OH excluding ortho intramolecular Hbond substituents is 1. The van der Waals surface area contributed by atoms with Crippen molar-refractivity contribution in [2.75, 3.05) is 25.5 Å². The van der Waals surface area contributed by atoms with Crippen molar-refractivity contribution in [1.82, 2.24) is 14.3 Å². The van der Waals surface area contributed by atoms with Crippen LogP contribution in [0.3, 0.4) is 0 Å². The van der Waals surface area contributed by atoms with Gasteiger partial charge in [-0.25, -0.2) is 4.98 Å². The number of benzene rings is 1. The van der Waals surface area contributed by atoms with Gasteiger partial charge in [0.2, 0.25) is 0 Å². The predicted octanol–water partition coefficient (Wildman–Crippen LogP) is 3.12. The molecule has 1 fully saturated rings. The Morgan fingerprint density at radius 1 is 1.31 bits per heavy atom. The number of aromatic hydroxyl groups is 1. The van der Waals surface area contributed by atoms with E-state index in [0.29, 0.717) is 21.2 Å². The van der Waals surface area contributed by atoms with Crippen LogP contribution in [0.25, 0.3) is 4.96 Å². The summed E-state index contributed by atoms with van der Waals surface area (Å²) in [4.78, 5) is 20.0. The van der Waals surface area contributed by atoms with Crippen LogP contribution in [0.5, 0.6) is 5.75 Å². The highest BCUT2D eigenvalue weighted by atomic mass is 79.9. The lowest BCUT2D eigenvalue weighted by molar-refractivity contribution is 0.235. The van der Waals surface area contributed by atoms with Crippen molar-refractivity contribution in [1.29, 1.82) is 0 Å². The molecule has 0 amide bonds. The van der Waals surface area contributed by atoms with Crippen LogP contribution in [0, 0.1) is 0 Å². The summed E-state index contributed by atoms with van der Waals surface area (Å²) in [6, 6.07) is 7.60. The number of aromatic nitrogens is 2. The van der Waals surface area contributed by atoms with E-state index in [9.17, 15) is 9.90 Å². The molecule has 26 heavy (non-hydrogen) atoms. The monoisotopic (exact) mass is 434 g/mol. The second-order valence-electron chi connectivity index (χ2n) is 6.72. The Hall–Kier alpha value is -1.90. The molecule has 0 radical (unpaired) electrons. The zero-order chi connectivity index (χ0) is 18.3. The molecule has 0 aliphatic carbocycles. The van der Waals surface area contributed by atoms with Crippen LogP contribution in [0.1, 0.15) is 17.9 Å². The minimum Gasteiger partial charge on any atom is -0.508 e. The average Bonchev–Trinajstić information content (AvgIpc) is 3.08. The molecule has 2 unspecified atom stereocenters. The first-order valence-electron chi connectivity index (χ1n) is 8.40. The highest BCUT2D eigenvalue weighted by molar-refractivity contribution is 9.10. The highest BCUT2D eigenvalue weighted by Gasteiger charge is 2.27. The largest absolute Gasteiger partial charge is 0.508 e. The Morgan fingerprint density at radius 3 is 2.85 bits per heavy atom. The molecule has 3 aromatic rings. The lowest BCUT2D eigenvalue weighted by atomic mass is 9.88. The Bertz CT molecular complexity index is 985. The van der Waals surface area contributed by atoms with Crippen LogP contribution in [0.15, 0.2) is 45.1 Å². The Kier molecular flexibility index (Phi) is 4.73. The van der Waals surface area contributed by atoms with Crippen molar-refractivity contribution < 1.29 is 5.11 Å².